The molecular weight excluding hydrogens is 72.1 g/mol. The van der Waals surface area contributed by atoms with Gasteiger partial charge in [-0.2, -0.15) is 0 Å². The van der Waals surface area contributed by atoms with Gasteiger partial charge in [0.1, 0.15) is 0 Å². The quantitative estimate of drug-likeness (QED) is 0.455. The highest BCUT2D eigenvalue weighted by molar-refractivity contribution is 4.83. The van der Waals surface area contributed by atoms with Gasteiger partial charge in [0.05, 0.1) is 0 Å². The second-order valence-corrected chi connectivity index (χ2v) is 2.03. The Hall–Kier alpha value is 0. The topological polar surface area (TPSA) is 0 Å². The van der Waals surface area contributed by atoms with Crippen LogP contribution in [0.15, 0.2) is 0 Å². The van der Waals surface area contributed by atoms with Gasteiger partial charge in [0.2, 0.25) is 0 Å². The molecule has 35 valence electrons. The van der Waals surface area contributed by atoms with E-state index in [0.717, 1.165) is 5.92 Å². The van der Waals surface area contributed by atoms with Gasteiger partial charge in [0, 0.05) is 0 Å². The Morgan fingerprint density at radius 3 is 2.33 bits per heavy atom. The van der Waals surface area contributed by atoms with Crippen LogP contribution in [0.25, 0.3) is 0 Å². The Bertz CT molecular complexity index is 32.5. The predicted molar refractivity (Wildman–Crippen MR) is 27.3 cm³/mol. The summed E-state index contributed by atoms with van der Waals surface area (Å²) in [5.41, 5.74) is 0. The largest absolute Gasteiger partial charge is 0.0651 e. The zero-order chi connectivity index (χ0) is 4.41. The first-order valence-corrected chi connectivity index (χ1v) is 2.75. The highest BCUT2D eigenvalue weighted by Gasteiger charge is 2.13. The molecule has 1 aliphatic rings. The van der Waals surface area contributed by atoms with Crippen LogP contribution in [0.4, 0.5) is 0 Å². The third kappa shape index (κ3) is 0.562. The molecule has 0 heterocycles. The molecule has 0 N–H and O–H groups in total. The Morgan fingerprint density at radius 2 is 2.33 bits per heavy atom. The zero-order valence-electron chi connectivity index (χ0n) is 4.28. The van der Waals surface area contributed by atoms with Crippen molar-refractivity contribution in [1.82, 2.24) is 0 Å². The van der Waals surface area contributed by atoms with Gasteiger partial charge >= 0.3 is 0 Å². The molecule has 0 heteroatoms. The standard InChI is InChI=1S/C6H11/c1-2-6-4-3-5-6/h3,6H,2,4-5H2,1H3. The van der Waals surface area contributed by atoms with Crippen LogP contribution in [-0.4, -0.2) is 0 Å². The van der Waals surface area contributed by atoms with E-state index in [1.165, 1.54) is 19.3 Å². The molecule has 0 amide bonds. The summed E-state index contributed by atoms with van der Waals surface area (Å²) in [7, 11) is 0. The molecule has 0 aromatic rings. The van der Waals surface area contributed by atoms with Crippen molar-refractivity contribution in [3.05, 3.63) is 6.42 Å². The first-order chi connectivity index (χ1) is 2.93. The number of hydrogen-bond acceptors (Lipinski definition) is 0. The molecule has 0 aliphatic heterocycles. The Kier molecular flexibility index (Phi) is 1.13. The van der Waals surface area contributed by atoms with E-state index in [1.54, 1.807) is 0 Å². The Labute approximate surface area is 39.6 Å². The van der Waals surface area contributed by atoms with Crippen LogP contribution in [0.3, 0.4) is 0 Å². The molecule has 1 rings (SSSR count). The van der Waals surface area contributed by atoms with Crippen LogP contribution < -0.4 is 0 Å². The van der Waals surface area contributed by atoms with Crippen LogP contribution >= 0.6 is 0 Å². The maximum absolute atomic E-state index is 2.36. The van der Waals surface area contributed by atoms with Crippen molar-refractivity contribution < 1.29 is 0 Å². The van der Waals surface area contributed by atoms with E-state index in [1.807, 2.05) is 0 Å². The molecule has 0 spiro atoms. The summed E-state index contributed by atoms with van der Waals surface area (Å²) in [5.74, 6) is 1.06. The maximum atomic E-state index is 2.36. The van der Waals surface area contributed by atoms with Gasteiger partial charge in [-0.15, -0.1) is 0 Å². The lowest BCUT2D eigenvalue weighted by molar-refractivity contribution is 0.397. The summed E-state index contributed by atoms with van der Waals surface area (Å²) in [6.07, 6.45) is 6.51. The average Bonchev–Trinajstić information content (AvgIpc) is 1.31. The van der Waals surface area contributed by atoms with Crippen LogP contribution in [0.2, 0.25) is 0 Å². The SMILES string of the molecule is CCC1C[CH]C1. The molecule has 1 aliphatic carbocycles. The molecule has 0 aromatic heterocycles. The predicted octanol–water partition coefficient (Wildman–Crippen LogP) is 2.01. The van der Waals surface area contributed by atoms with Crippen molar-refractivity contribution in [2.45, 2.75) is 26.2 Å². The van der Waals surface area contributed by atoms with Crippen molar-refractivity contribution in [1.29, 1.82) is 0 Å². The van der Waals surface area contributed by atoms with Gasteiger partial charge < -0.3 is 0 Å². The van der Waals surface area contributed by atoms with Gasteiger partial charge in [0.25, 0.3) is 0 Å². The van der Waals surface area contributed by atoms with E-state index in [9.17, 15) is 0 Å². The highest BCUT2D eigenvalue weighted by atomic mass is 14.2. The van der Waals surface area contributed by atoms with E-state index in [-0.39, 0.29) is 0 Å². The summed E-state index contributed by atoms with van der Waals surface area (Å²) in [5, 5.41) is 0. The molecule has 1 fully saturated rings. The maximum Gasteiger partial charge on any atom is -0.0380 e. The molecular formula is C6H11. The fraction of sp³-hybridized carbons (Fsp3) is 0.833. The lowest BCUT2D eigenvalue weighted by Crippen LogP contribution is -2.09. The smallest absolute Gasteiger partial charge is 0.0380 e. The zero-order valence-corrected chi connectivity index (χ0v) is 4.28. The normalized spacial score (nSPS) is 23.5. The van der Waals surface area contributed by atoms with Crippen LogP contribution in [-0.2, 0) is 0 Å². The molecule has 1 radical (unpaired) electrons. The fourth-order valence-electron chi connectivity index (χ4n) is 0.736. The number of hydrogen-bond donors (Lipinski definition) is 0. The van der Waals surface area contributed by atoms with Crippen molar-refractivity contribution in [3.63, 3.8) is 0 Å². The molecule has 0 aromatic carbocycles. The van der Waals surface area contributed by atoms with E-state index in [2.05, 4.69) is 13.3 Å². The van der Waals surface area contributed by atoms with Crippen LogP contribution in [0.1, 0.15) is 26.2 Å². The molecule has 1 saturated carbocycles. The van der Waals surface area contributed by atoms with Crippen molar-refractivity contribution >= 4 is 0 Å². The molecule has 0 nitrogen and oxygen atoms in total. The fourth-order valence-corrected chi connectivity index (χ4v) is 0.736. The second kappa shape index (κ2) is 1.63. The highest BCUT2D eigenvalue weighted by Crippen LogP contribution is 2.27. The lowest BCUT2D eigenvalue weighted by atomic mass is 9.84. The van der Waals surface area contributed by atoms with E-state index in [0.29, 0.717) is 0 Å². The van der Waals surface area contributed by atoms with E-state index >= 15 is 0 Å². The lowest BCUT2D eigenvalue weighted by Gasteiger charge is -2.22. The molecule has 0 saturated heterocycles. The Balaban J connectivity index is 2.01. The molecule has 0 unspecified atom stereocenters. The minimum Gasteiger partial charge on any atom is -0.0651 e. The molecule has 0 atom stereocenters. The van der Waals surface area contributed by atoms with Gasteiger partial charge in [-0.3, -0.25) is 0 Å². The van der Waals surface area contributed by atoms with Crippen LogP contribution in [0.5, 0.6) is 0 Å². The molecule has 0 bridgehead atoms. The van der Waals surface area contributed by atoms with Gasteiger partial charge in [-0.25, -0.2) is 0 Å². The third-order valence-corrected chi connectivity index (χ3v) is 1.58. The summed E-state index contributed by atoms with van der Waals surface area (Å²) < 4.78 is 0. The van der Waals surface area contributed by atoms with Gasteiger partial charge in [-0.05, 0) is 25.2 Å². The summed E-state index contributed by atoms with van der Waals surface area (Å²) >= 11 is 0. The Morgan fingerprint density at radius 1 is 1.67 bits per heavy atom. The van der Waals surface area contributed by atoms with Crippen molar-refractivity contribution in [2.24, 2.45) is 5.92 Å². The minimum absolute atomic E-state index is 1.06. The first kappa shape index (κ1) is 4.17. The first-order valence-electron chi connectivity index (χ1n) is 2.75. The second-order valence-electron chi connectivity index (χ2n) is 2.03. The summed E-state index contributed by atoms with van der Waals surface area (Å²) in [4.78, 5) is 0. The number of rotatable bonds is 1. The molecule has 6 heavy (non-hydrogen) atoms. The van der Waals surface area contributed by atoms with Gasteiger partial charge in [-0.1, -0.05) is 13.3 Å². The average molecular weight is 83.2 g/mol. The van der Waals surface area contributed by atoms with Crippen LogP contribution in [0, 0.1) is 12.3 Å². The van der Waals surface area contributed by atoms with Crippen molar-refractivity contribution in [3.8, 4) is 0 Å². The summed E-state index contributed by atoms with van der Waals surface area (Å²) in [6.45, 7) is 2.26. The van der Waals surface area contributed by atoms with E-state index < -0.39 is 0 Å². The van der Waals surface area contributed by atoms with Gasteiger partial charge in [0.15, 0.2) is 0 Å². The monoisotopic (exact) mass is 83.1 g/mol. The summed E-state index contributed by atoms with van der Waals surface area (Å²) in [6, 6.07) is 0. The van der Waals surface area contributed by atoms with E-state index in [4.69, 9.17) is 0 Å². The van der Waals surface area contributed by atoms with Crippen molar-refractivity contribution in [2.75, 3.05) is 0 Å². The minimum atomic E-state index is 1.06. The third-order valence-electron chi connectivity index (χ3n) is 1.58.